The zero-order valence-electron chi connectivity index (χ0n) is 14.5. The van der Waals surface area contributed by atoms with Crippen LogP contribution in [-0.2, 0) is 13.0 Å². The van der Waals surface area contributed by atoms with E-state index in [1.807, 2.05) is 32.3 Å². The van der Waals surface area contributed by atoms with Crippen LogP contribution in [0.15, 0.2) is 24.5 Å². The van der Waals surface area contributed by atoms with Crippen LogP contribution >= 0.6 is 11.3 Å². The molecule has 0 fully saturated rings. The highest BCUT2D eigenvalue weighted by molar-refractivity contribution is 7.11. The number of nitrogens with zero attached hydrogens (tertiary/aromatic N) is 4. The smallest absolute Gasteiger partial charge is 0.318 e. The van der Waals surface area contributed by atoms with Crippen molar-refractivity contribution in [2.75, 3.05) is 7.05 Å². The van der Waals surface area contributed by atoms with E-state index in [2.05, 4.69) is 27.4 Å². The Hall–Kier alpha value is -2.02. The van der Waals surface area contributed by atoms with Gasteiger partial charge in [-0.1, -0.05) is 44.1 Å². The largest absolute Gasteiger partial charge is 0.331 e. The van der Waals surface area contributed by atoms with Crippen LogP contribution in [-0.4, -0.2) is 33.2 Å². The third-order valence-corrected chi connectivity index (χ3v) is 4.96. The van der Waals surface area contributed by atoms with Crippen LogP contribution in [0.1, 0.15) is 54.7 Å². The fourth-order valence-corrected chi connectivity index (χ4v) is 3.20. The Kier molecular flexibility index (Phi) is 7.11. The summed E-state index contributed by atoms with van der Waals surface area (Å²) in [5.41, 5.74) is 1.06. The van der Waals surface area contributed by atoms with E-state index < -0.39 is 0 Å². The molecule has 0 bridgehead atoms. The lowest BCUT2D eigenvalue weighted by Gasteiger charge is -2.28. The lowest BCUT2D eigenvalue weighted by molar-refractivity contribution is 0.185. The van der Waals surface area contributed by atoms with Crippen molar-refractivity contribution in [3.05, 3.63) is 40.1 Å². The predicted molar refractivity (Wildman–Crippen MR) is 95.8 cm³/mol. The molecule has 0 saturated heterocycles. The molecule has 1 N–H and O–H groups in total. The number of carbonyl (C=O) groups is 1. The molecule has 0 spiro atoms. The summed E-state index contributed by atoms with van der Waals surface area (Å²) < 4.78 is 0. The first kappa shape index (κ1) is 18.3. The minimum Gasteiger partial charge on any atom is -0.331 e. The Morgan fingerprint density at radius 1 is 1.33 bits per heavy atom. The third-order valence-electron chi connectivity index (χ3n) is 3.89. The monoisotopic (exact) mass is 347 g/mol. The lowest BCUT2D eigenvalue weighted by atomic mass is 10.0. The molecule has 2 amide bonds. The Morgan fingerprint density at radius 2 is 2.12 bits per heavy atom. The van der Waals surface area contributed by atoms with E-state index in [1.165, 1.54) is 11.3 Å². The first-order chi connectivity index (χ1) is 11.7. The molecule has 2 rings (SSSR count). The normalized spacial score (nSPS) is 12.0. The van der Waals surface area contributed by atoms with Gasteiger partial charge in [-0.05, 0) is 24.5 Å². The van der Waals surface area contributed by atoms with Gasteiger partial charge in [0.25, 0.3) is 0 Å². The molecule has 0 aliphatic heterocycles. The maximum atomic E-state index is 12.5. The number of pyridine rings is 1. The standard InChI is InChI=1S/C17H25N5OS/c1-4-6-9-14(13-8-7-10-18-11-13)22(3)17(23)19-12-16-21-20-15(5-2)24-16/h7-8,10-11,14H,4-6,9,12H2,1-3H3,(H,19,23)/t14-/m1/s1. The summed E-state index contributed by atoms with van der Waals surface area (Å²) in [5.74, 6) is 0. The van der Waals surface area contributed by atoms with Gasteiger partial charge < -0.3 is 10.2 Å². The number of unbranched alkanes of at least 4 members (excludes halogenated alkanes) is 1. The second-order valence-electron chi connectivity index (χ2n) is 5.66. The van der Waals surface area contributed by atoms with Crippen LogP contribution in [0, 0.1) is 0 Å². The van der Waals surface area contributed by atoms with Crippen molar-refractivity contribution >= 4 is 17.4 Å². The van der Waals surface area contributed by atoms with E-state index >= 15 is 0 Å². The molecule has 24 heavy (non-hydrogen) atoms. The first-order valence-corrected chi connectivity index (χ1v) is 9.19. The number of aryl methyl sites for hydroxylation is 1. The molecule has 2 aromatic rings. The summed E-state index contributed by atoms with van der Waals surface area (Å²) in [6.07, 6.45) is 7.53. The zero-order chi connectivity index (χ0) is 17.4. The average molecular weight is 347 g/mol. The summed E-state index contributed by atoms with van der Waals surface area (Å²) >= 11 is 1.54. The lowest BCUT2D eigenvalue weighted by Crippen LogP contribution is -2.39. The summed E-state index contributed by atoms with van der Waals surface area (Å²) in [4.78, 5) is 18.5. The number of nitrogens with one attached hydrogen (secondary N) is 1. The molecule has 0 aliphatic carbocycles. The minimum absolute atomic E-state index is 0.0271. The van der Waals surface area contributed by atoms with E-state index in [9.17, 15) is 4.79 Å². The highest BCUT2D eigenvalue weighted by atomic mass is 32.1. The second kappa shape index (κ2) is 9.32. The minimum atomic E-state index is -0.104. The van der Waals surface area contributed by atoms with E-state index in [0.717, 1.165) is 41.3 Å². The van der Waals surface area contributed by atoms with Gasteiger partial charge in [0, 0.05) is 19.4 Å². The van der Waals surface area contributed by atoms with Gasteiger partial charge in [-0.15, -0.1) is 10.2 Å². The van der Waals surface area contributed by atoms with Crippen molar-refractivity contribution in [3.8, 4) is 0 Å². The van der Waals surface area contributed by atoms with Crippen LogP contribution in [0.5, 0.6) is 0 Å². The topological polar surface area (TPSA) is 71.0 Å². The summed E-state index contributed by atoms with van der Waals surface area (Å²) in [6.45, 7) is 4.61. The van der Waals surface area contributed by atoms with Crippen molar-refractivity contribution in [2.45, 2.75) is 52.1 Å². The Labute approximate surface area is 147 Å². The van der Waals surface area contributed by atoms with Crippen molar-refractivity contribution in [1.29, 1.82) is 0 Å². The Morgan fingerprint density at radius 3 is 2.75 bits per heavy atom. The van der Waals surface area contributed by atoms with Crippen molar-refractivity contribution in [1.82, 2.24) is 25.4 Å². The number of amides is 2. The van der Waals surface area contributed by atoms with Gasteiger partial charge >= 0.3 is 6.03 Å². The highest BCUT2D eigenvalue weighted by Gasteiger charge is 2.21. The van der Waals surface area contributed by atoms with Gasteiger partial charge in [-0.25, -0.2) is 4.79 Å². The third kappa shape index (κ3) is 4.99. The van der Waals surface area contributed by atoms with Gasteiger partial charge in [-0.3, -0.25) is 4.98 Å². The Bertz CT molecular complexity index is 631. The van der Waals surface area contributed by atoms with Gasteiger partial charge in [0.15, 0.2) is 0 Å². The molecule has 2 aromatic heterocycles. The van der Waals surface area contributed by atoms with Crippen molar-refractivity contribution in [2.24, 2.45) is 0 Å². The maximum Gasteiger partial charge on any atom is 0.318 e. The molecule has 6 nitrogen and oxygen atoms in total. The van der Waals surface area contributed by atoms with Gasteiger partial charge in [0.05, 0.1) is 12.6 Å². The van der Waals surface area contributed by atoms with Gasteiger partial charge in [0.1, 0.15) is 10.0 Å². The fraction of sp³-hybridized carbons (Fsp3) is 0.529. The fourth-order valence-electron chi connectivity index (χ4n) is 2.47. The van der Waals surface area contributed by atoms with Crippen LogP contribution < -0.4 is 5.32 Å². The van der Waals surface area contributed by atoms with Gasteiger partial charge in [-0.2, -0.15) is 0 Å². The zero-order valence-corrected chi connectivity index (χ0v) is 15.3. The summed E-state index contributed by atoms with van der Waals surface area (Å²) in [7, 11) is 1.83. The van der Waals surface area contributed by atoms with Crippen LogP contribution in [0.3, 0.4) is 0 Å². The van der Waals surface area contributed by atoms with Gasteiger partial charge in [0.2, 0.25) is 0 Å². The number of rotatable bonds is 8. The molecule has 0 radical (unpaired) electrons. The summed E-state index contributed by atoms with van der Waals surface area (Å²) in [6, 6.07) is 3.86. The van der Waals surface area contributed by atoms with Crippen LogP contribution in [0.25, 0.3) is 0 Å². The number of aromatic nitrogens is 3. The molecule has 7 heteroatoms. The number of carbonyl (C=O) groups excluding carboxylic acids is 1. The molecule has 0 aliphatic rings. The molecule has 1 atom stereocenters. The highest BCUT2D eigenvalue weighted by Crippen LogP contribution is 2.24. The van der Waals surface area contributed by atoms with Crippen molar-refractivity contribution < 1.29 is 4.79 Å². The van der Waals surface area contributed by atoms with E-state index in [-0.39, 0.29) is 12.1 Å². The molecular weight excluding hydrogens is 322 g/mol. The Balaban J connectivity index is 1.99. The molecule has 0 unspecified atom stereocenters. The number of urea groups is 1. The maximum absolute atomic E-state index is 12.5. The molecule has 0 saturated carbocycles. The molecule has 130 valence electrons. The quantitative estimate of drug-likeness (QED) is 0.792. The predicted octanol–water partition coefficient (Wildman–Crippen LogP) is 3.57. The van der Waals surface area contributed by atoms with Crippen molar-refractivity contribution in [3.63, 3.8) is 0 Å². The van der Waals surface area contributed by atoms with Crippen LogP contribution in [0.4, 0.5) is 4.79 Å². The van der Waals surface area contributed by atoms with E-state index in [0.29, 0.717) is 6.54 Å². The number of hydrogen-bond acceptors (Lipinski definition) is 5. The van der Waals surface area contributed by atoms with E-state index in [1.54, 1.807) is 11.1 Å². The molecule has 2 heterocycles. The molecule has 0 aromatic carbocycles. The molecular formula is C17H25N5OS. The van der Waals surface area contributed by atoms with Crippen LogP contribution in [0.2, 0.25) is 0 Å². The second-order valence-corrected chi connectivity index (χ2v) is 6.80. The first-order valence-electron chi connectivity index (χ1n) is 8.37. The summed E-state index contributed by atoms with van der Waals surface area (Å²) in [5, 5.41) is 12.9. The number of hydrogen-bond donors (Lipinski definition) is 1. The SMILES string of the molecule is CCCC[C@H](c1cccnc1)N(C)C(=O)NCc1nnc(CC)s1. The average Bonchev–Trinajstić information content (AvgIpc) is 3.09. The van der Waals surface area contributed by atoms with E-state index in [4.69, 9.17) is 0 Å².